The average molecular weight is 613 g/mol. The Balaban J connectivity index is 1.65. The Hall–Kier alpha value is -3.57. The van der Waals surface area contributed by atoms with Crippen LogP contribution in [0.3, 0.4) is 0 Å². The van der Waals surface area contributed by atoms with Crippen molar-refractivity contribution in [2.24, 2.45) is 0 Å². The Morgan fingerprint density at radius 3 is 2.51 bits per heavy atom. The van der Waals surface area contributed by atoms with E-state index >= 15 is 0 Å². The summed E-state index contributed by atoms with van der Waals surface area (Å²) in [5, 5.41) is 3.67. The van der Waals surface area contributed by atoms with Crippen LogP contribution < -0.4 is 15.3 Å². The number of nitrogen functional groups attached to an aromatic ring is 1. The normalized spacial score (nSPS) is 14.6. The van der Waals surface area contributed by atoms with E-state index in [4.69, 9.17) is 29.2 Å². The zero-order chi connectivity index (χ0) is 31.0. The lowest BCUT2D eigenvalue weighted by Gasteiger charge is -2.25. The summed E-state index contributed by atoms with van der Waals surface area (Å²) in [6.45, 7) is 9.95. The van der Waals surface area contributed by atoms with Crippen LogP contribution in [-0.4, -0.2) is 50.8 Å². The number of esters is 1. The third-order valence-corrected chi connectivity index (χ3v) is 8.37. The number of pyridine rings is 2. The fourth-order valence-electron chi connectivity index (χ4n) is 4.85. The van der Waals surface area contributed by atoms with Crippen LogP contribution in [0, 0.1) is 0 Å². The van der Waals surface area contributed by atoms with Gasteiger partial charge in [0.05, 0.1) is 23.7 Å². The van der Waals surface area contributed by atoms with Gasteiger partial charge in [0.25, 0.3) is 0 Å². The van der Waals surface area contributed by atoms with Crippen LogP contribution in [0.2, 0.25) is 0 Å². The SMILES string of the molecule is CCC[C@H](CCO[P@](=O)(N[C@@H](C)C(=O)OC(C)C)Oc1ccncc1)n1c(COCC)nc2c(N)nc3ccccc3c21. The van der Waals surface area contributed by atoms with Gasteiger partial charge in [-0.15, -0.1) is 0 Å². The van der Waals surface area contributed by atoms with Crippen molar-refractivity contribution < 1.29 is 27.9 Å². The lowest BCUT2D eigenvalue weighted by atomic mass is 10.1. The van der Waals surface area contributed by atoms with E-state index in [1.807, 2.05) is 31.2 Å². The molecule has 0 fully saturated rings. The van der Waals surface area contributed by atoms with Crippen LogP contribution >= 0.6 is 7.75 Å². The molecule has 4 rings (SSSR count). The molecule has 0 saturated heterocycles. The van der Waals surface area contributed by atoms with Crippen molar-refractivity contribution in [3.05, 3.63) is 54.6 Å². The monoisotopic (exact) mass is 612 g/mol. The molecule has 0 saturated carbocycles. The summed E-state index contributed by atoms with van der Waals surface area (Å²) in [6, 6.07) is 9.89. The maximum atomic E-state index is 14.0. The number of nitrogens with two attached hydrogens (primary N) is 1. The summed E-state index contributed by atoms with van der Waals surface area (Å²) in [4.78, 5) is 25.9. The van der Waals surface area contributed by atoms with Gasteiger partial charge in [0.15, 0.2) is 5.82 Å². The third kappa shape index (κ3) is 8.08. The number of hydrogen-bond donors (Lipinski definition) is 2. The smallest absolute Gasteiger partial charge is 0.459 e. The standard InChI is InChI=1S/C30H41N6O6P/c1-6-10-22(36-26(19-39-7-2)34-27-28(36)24-11-8-9-12-25(24)33-29(27)31)15-18-40-43(38,42-23-13-16-32-17-14-23)35-21(5)30(37)41-20(3)4/h8-9,11-14,16-17,20-22H,6-7,10,15,18-19H2,1-5H3,(H2,31,33)(H,35,38)/t21-,22+,43+/m0/s1. The van der Waals surface area contributed by atoms with Gasteiger partial charge < -0.3 is 24.3 Å². The van der Waals surface area contributed by atoms with E-state index in [9.17, 15) is 9.36 Å². The number of nitrogens with one attached hydrogen (secondary N) is 1. The van der Waals surface area contributed by atoms with Crippen molar-refractivity contribution >= 4 is 41.5 Å². The maximum Gasteiger partial charge on any atom is 0.459 e. The lowest BCUT2D eigenvalue weighted by Crippen LogP contribution is -2.36. The molecule has 0 aliphatic rings. The number of ether oxygens (including phenoxy) is 2. The second-order valence-corrected chi connectivity index (χ2v) is 12.1. The average Bonchev–Trinajstić information content (AvgIpc) is 3.36. The topological polar surface area (TPSA) is 153 Å². The molecule has 0 aliphatic heterocycles. The minimum atomic E-state index is -4.03. The molecule has 13 heteroatoms. The van der Waals surface area contributed by atoms with Gasteiger partial charge in [-0.1, -0.05) is 31.5 Å². The van der Waals surface area contributed by atoms with Gasteiger partial charge in [-0.05, 0) is 58.7 Å². The van der Waals surface area contributed by atoms with E-state index in [2.05, 4.69) is 26.5 Å². The number of benzene rings is 1. The van der Waals surface area contributed by atoms with E-state index in [-0.39, 0.29) is 24.5 Å². The summed E-state index contributed by atoms with van der Waals surface area (Å²) in [7, 11) is -4.03. The molecular formula is C30H41N6O6P. The highest BCUT2D eigenvalue weighted by molar-refractivity contribution is 7.52. The zero-order valence-electron chi connectivity index (χ0n) is 25.4. The van der Waals surface area contributed by atoms with Crippen LogP contribution in [0.1, 0.15) is 65.7 Å². The number of imidazole rings is 1. The molecule has 3 atom stereocenters. The number of nitrogens with zero attached hydrogens (tertiary/aromatic N) is 4. The summed E-state index contributed by atoms with van der Waals surface area (Å²) < 4.78 is 39.0. The Bertz CT molecular complexity index is 1560. The number of fused-ring (bicyclic) bond motifs is 3. The Labute approximate surface area is 251 Å². The number of aromatic nitrogens is 4. The molecular weight excluding hydrogens is 571 g/mol. The predicted molar refractivity (Wildman–Crippen MR) is 166 cm³/mol. The van der Waals surface area contributed by atoms with Gasteiger partial charge in [-0.2, -0.15) is 5.09 Å². The number of carbonyl (C=O) groups excluding carboxylic acids is 1. The van der Waals surface area contributed by atoms with Crippen molar-refractivity contribution in [1.82, 2.24) is 24.6 Å². The molecule has 232 valence electrons. The fraction of sp³-hybridized carbons (Fsp3) is 0.467. The summed E-state index contributed by atoms with van der Waals surface area (Å²) in [5.74, 6) is 0.789. The first-order valence-corrected chi connectivity index (χ1v) is 16.1. The van der Waals surface area contributed by atoms with Crippen molar-refractivity contribution in [2.75, 3.05) is 18.9 Å². The molecule has 43 heavy (non-hydrogen) atoms. The highest BCUT2D eigenvalue weighted by Gasteiger charge is 2.33. The van der Waals surface area contributed by atoms with Crippen LogP contribution in [0.5, 0.6) is 5.75 Å². The molecule has 3 aromatic heterocycles. The molecule has 0 spiro atoms. The van der Waals surface area contributed by atoms with Crippen molar-refractivity contribution in [1.29, 1.82) is 0 Å². The second kappa shape index (κ2) is 14.7. The molecule has 3 N–H and O–H groups in total. The molecule has 4 aromatic rings. The van der Waals surface area contributed by atoms with Gasteiger partial charge >= 0.3 is 13.7 Å². The number of para-hydroxylation sites is 1. The Morgan fingerprint density at radius 1 is 1.07 bits per heavy atom. The van der Waals surface area contributed by atoms with Crippen LogP contribution in [0.15, 0.2) is 48.8 Å². The molecule has 0 bridgehead atoms. The van der Waals surface area contributed by atoms with E-state index in [1.165, 1.54) is 12.4 Å². The van der Waals surface area contributed by atoms with Crippen LogP contribution in [-0.2, 0) is 30.0 Å². The summed E-state index contributed by atoms with van der Waals surface area (Å²) in [5.41, 5.74) is 8.63. The molecule has 12 nitrogen and oxygen atoms in total. The van der Waals surface area contributed by atoms with E-state index in [1.54, 1.807) is 32.9 Å². The Kier molecular flexibility index (Phi) is 11.1. The first-order valence-electron chi connectivity index (χ1n) is 14.6. The van der Waals surface area contributed by atoms with Crippen LogP contribution in [0.25, 0.3) is 21.9 Å². The molecule has 0 amide bonds. The first-order chi connectivity index (χ1) is 20.7. The molecule has 0 radical (unpaired) electrons. The minimum absolute atomic E-state index is 0.0538. The highest BCUT2D eigenvalue weighted by Crippen LogP contribution is 2.45. The highest BCUT2D eigenvalue weighted by atomic mass is 31.2. The van der Waals surface area contributed by atoms with Crippen molar-refractivity contribution in [2.45, 2.75) is 78.7 Å². The number of hydrogen-bond acceptors (Lipinski definition) is 10. The number of carbonyl (C=O) groups is 1. The van der Waals surface area contributed by atoms with Crippen molar-refractivity contribution in [3.63, 3.8) is 0 Å². The number of rotatable bonds is 16. The molecule has 0 unspecified atom stereocenters. The zero-order valence-corrected chi connectivity index (χ0v) is 26.3. The van der Waals surface area contributed by atoms with Gasteiger partial charge in [0.1, 0.15) is 29.7 Å². The van der Waals surface area contributed by atoms with Gasteiger partial charge in [-0.25, -0.2) is 14.5 Å². The van der Waals surface area contributed by atoms with Gasteiger partial charge in [-0.3, -0.25) is 14.3 Å². The predicted octanol–water partition coefficient (Wildman–Crippen LogP) is 5.96. The fourth-order valence-corrected chi connectivity index (χ4v) is 6.36. The third-order valence-electron chi connectivity index (χ3n) is 6.69. The van der Waals surface area contributed by atoms with Crippen molar-refractivity contribution in [3.8, 4) is 5.75 Å². The second-order valence-electron chi connectivity index (χ2n) is 10.4. The van der Waals surface area contributed by atoms with E-state index in [0.717, 1.165) is 35.1 Å². The molecule has 0 aliphatic carbocycles. The molecule has 3 heterocycles. The van der Waals surface area contributed by atoms with Gasteiger partial charge in [0, 0.05) is 30.4 Å². The molecule has 1 aromatic carbocycles. The Morgan fingerprint density at radius 2 is 1.81 bits per heavy atom. The summed E-state index contributed by atoms with van der Waals surface area (Å²) in [6.07, 6.45) is 4.82. The summed E-state index contributed by atoms with van der Waals surface area (Å²) >= 11 is 0. The minimum Gasteiger partial charge on any atom is -0.462 e. The lowest BCUT2D eigenvalue weighted by molar-refractivity contribution is -0.149. The largest absolute Gasteiger partial charge is 0.462 e. The maximum absolute atomic E-state index is 14.0. The van der Waals surface area contributed by atoms with Crippen LogP contribution in [0.4, 0.5) is 5.82 Å². The number of anilines is 1. The quantitative estimate of drug-likeness (QED) is 0.114. The van der Waals surface area contributed by atoms with E-state index < -0.39 is 19.8 Å². The van der Waals surface area contributed by atoms with Gasteiger partial charge in [0.2, 0.25) is 0 Å². The van der Waals surface area contributed by atoms with E-state index in [0.29, 0.717) is 31.0 Å². The first kappa shape index (κ1) is 32.3.